The summed E-state index contributed by atoms with van der Waals surface area (Å²) in [5.41, 5.74) is 6.56. The van der Waals surface area contributed by atoms with Crippen LogP contribution in [0.1, 0.15) is 25.3 Å². The van der Waals surface area contributed by atoms with Gasteiger partial charge in [-0.3, -0.25) is 0 Å². The second-order valence-corrected chi connectivity index (χ2v) is 7.45. The molecule has 0 aromatic heterocycles. The SMILES string of the molecule is Cc1cc(Cl)ccc1S(=O)(=O)N1CC[C@@H](N)C[C@H]1C. The third-order valence-corrected chi connectivity index (χ3v) is 5.99. The fourth-order valence-electron chi connectivity index (χ4n) is 2.57. The Morgan fingerprint density at radius 3 is 2.68 bits per heavy atom. The average molecular weight is 303 g/mol. The monoisotopic (exact) mass is 302 g/mol. The van der Waals surface area contributed by atoms with Crippen molar-refractivity contribution in [1.29, 1.82) is 0 Å². The van der Waals surface area contributed by atoms with Crippen LogP contribution in [0.4, 0.5) is 0 Å². The van der Waals surface area contributed by atoms with Crippen LogP contribution < -0.4 is 5.73 Å². The van der Waals surface area contributed by atoms with Crippen molar-refractivity contribution in [3.05, 3.63) is 28.8 Å². The van der Waals surface area contributed by atoms with Crippen molar-refractivity contribution >= 4 is 21.6 Å². The summed E-state index contributed by atoms with van der Waals surface area (Å²) in [6.45, 7) is 4.15. The minimum Gasteiger partial charge on any atom is -0.328 e. The fraction of sp³-hybridized carbons (Fsp3) is 0.538. The number of halogens is 1. The lowest BCUT2D eigenvalue weighted by atomic mass is 10.0. The highest BCUT2D eigenvalue weighted by Gasteiger charge is 2.34. The molecule has 0 bridgehead atoms. The quantitative estimate of drug-likeness (QED) is 0.910. The Morgan fingerprint density at radius 1 is 1.42 bits per heavy atom. The molecule has 0 unspecified atom stereocenters. The van der Waals surface area contributed by atoms with Gasteiger partial charge in [0, 0.05) is 23.7 Å². The summed E-state index contributed by atoms with van der Waals surface area (Å²) >= 11 is 5.88. The first-order chi connectivity index (χ1) is 8.82. The molecule has 1 aromatic carbocycles. The molecule has 0 radical (unpaired) electrons. The average Bonchev–Trinajstić information content (AvgIpc) is 2.27. The highest BCUT2D eigenvalue weighted by atomic mass is 35.5. The lowest BCUT2D eigenvalue weighted by molar-refractivity contribution is 0.247. The Balaban J connectivity index is 2.37. The van der Waals surface area contributed by atoms with E-state index in [0.717, 1.165) is 0 Å². The molecule has 0 amide bonds. The molecule has 1 heterocycles. The van der Waals surface area contributed by atoms with Gasteiger partial charge in [0.2, 0.25) is 10.0 Å². The van der Waals surface area contributed by atoms with Crippen LogP contribution in [0, 0.1) is 6.92 Å². The van der Waals surface area contributed by atoms with E-state index >= 15 is 0 Å². The highest BCUT2D eigenvalue weighted by Crippen LogP contribution is 2.27. The predicted molar refractivity (Wildman–Crippen MR) is 76.8 cm³/mol. The number of hydrogen-bond donors (Lipinski definition) is 1. The Labute approximate surface area is 119 Å². The zero-order valence-electron chi connectivity index (χ0n) is 11.1. The van der Waals surface area contributed by atoms with Crippen molar-refractivity contribution in [2.75, 3.05) is 6.54 Å². The normalized spacial score (nSPS) is 25.5. The molecule has 2 atom stereocenters. The van der Waals surface area contributed by atoms with Crippen molar-refractivity contribution in [2.45, 2.75) is 43.7 Å². The zero-order valence-corrected chi connectivity index (χ0v) is 12.7. The molecular formula is C13H19ClN2O2S. The Bertz CT molecular complexity index is 574. The molecule has 1 aromatic rings. The lowest BCUT2D eigenvalue weighted by Gasteiger charge is -2.35. The molecule has 0 spiro atoms. The van der Waals surface area contributed by atoms with Crippen molar-refractivity contribution in [1.82, 2.24) is 4.31 Å². The minimum absolute atomic E-state index is 0.0659. The smallest absolute Gasteiger partial charge is 0.243 e. The molecule has 6 heteroatoms. The van der Waals surface area contributed by atoms with Gasteiger partial charge in [0.15, 0.2) is 0 Å². The van der Waals surface area contributed by atoms with Gasteiger partial charge in [-0.1, -0.05) is 11.6 Å². The molecule has 1 aliphatic rings. The third kappa shape index (κ3) is 2.94. The van der Waals surface area contributed by atoms with Gasteiger partial charge in [-0.15, -0.1) is 0 Å². The zero-order chi connectivity index (χ0) is 14.2. The van der Waals surface area contributed by atoms with Crippen LogP contribution in [0.3, 0.4) is 0 Å². The van der Waals surface area contributed by atoms with E-state index in [1.54, 1.807) is 29.4 Å². The molecule has 4 nitrogen and oxygen atoms in total. The first-order valence-corrected chi connectivity index (χ1v) is 8.17. The second kappa shape index (κ2) is 5.40. The summed E-state index contributed by atoms with van der Waals surface area (Å²) in [7, 11) is -3.46. The number of aryl methyl sites for hydroxylation is 1. The van der Waals surface area contributed by atoms with Crippen molar-refractivity contribution in [2.24, 2.45) is 5.73 Å². The lowest BCUT2D eigenvalue weighted by Crippen LogP contribution is -2.48. The van der Waals surface area contributed by atoms with Crippen LogP contribution in [-0.4, -0.2) is 31.4 Å². The molecule has 2 rings (SSSR count). The van der Waals surface area contributed by atoms with Crippen LogP contribution in [-0.2, 0) is 10.0 Å². The summed E-state index contributed by atoms with van der Waals surface area (Å²) < 4.78 is 26.9. The topological polar surface area (TPSA) is 63.4 Å². The van der Waals surface area contributed by atoms with Crippen LogP contribution in [0.5, 0.6) is 0 Å². The second-order valence-electron chi connectivity index (χ2n) is 5.16. The van der Waals surface area contributed by atoms with Crippen LogP contribution in [0.25, 0.3) is 0 Å². The van der Waals surface area contributed by atoms with E-state index in [1.165, 1.54) is 0 Å². The van der Waals surface area contributed by atoms with Crippen molar-refractivity contribution < 1.29 is 8.42 Å². The van der Waals surface area contributed by atoms with Gasteiger partial charge in [-0.25, -0.2) is 8.42 Å². The maximum Gasteiger partial charge on any atom is 0.243 e. The van der Waals surface area contributed by atoms with Crippen LogP contribution >= 0.6 is 11.6 Å². The van der Waals surface area contributed by atoms with Gasteiger partial charge in [0.25, 0.3) is 0 Å². The van der Waals surface area contributed by atoms with E-state index in [1.807, 2.05) is 6.92 Å². The number of sulfonamides is 1. The molecule has 0 saturated carbocycles. The van der Waals surface area contributed by atoms with Crippen molar-refractivity contribution in [3.8, 4) is 0 Å². The molecule has 1 aliphatic heterocycles. The van der Waals surface area contributed by atoms with E-state index in [0.29, 0.717) is 34.9 Å². The summed E-state index contributed by atoms with van der Waals surface area (Å²) in [4.78, 5) is 0.333. The van der Waals surface area contributed by atoms with Crippen LogP contribution in [0.15, 0.2) is 23.1 Å². The summed E-state index contributed by atoms with van der Waals surface area (Å²) in [6, 6.07) is 4.89. The number of benzene rings is 1. The van der Waals surface area contributed by atoms with E-state index in [-0.39, 0.29) is 12.1 Å². The fourth-order valence-corrected chi connectivity index (χ4v) is 4.66. The molecule has 1 saturated heterocycles. The van der Waals surface area contributed by atoms with Gasteiger partial charge in [0.1, 0.15) is 0 Å². The van der Waals surface area contributed by atoms with Gasteiger partial charge in [-0.05, 0) is 50.5 Å². The molecule has 2 N–H and O–H groups in total. The molecule has 1 fully saturated rings. The molecular weight excluding hydrogens is 284 g/mol. The molecule has 0 aliphatic carbocycles. The number of piperidine rings is 1. The summed E-state index contributed by atoms with van der Waals surface area (Å²) in [5.74, 6) is 0. The number of hydrogen-bond acceptors (Lipinski definition) is 3. The number of rotatable bonds is 2. The Hall–Kier alpha value is -0.620. The van der Waals surface area contributed by atoms with E-state index in [2.05, 4.69) is 0 Å². The van der Waals surface area contributed by atoms with Gasteiger partial charge in [-0.2, -0.15) is 4.31 Å². The van der Waals surface area contributed by atoms with Gasteiger partial charge < -0.3 is 5.73 Å². The third-order valence-electron chi connectivity index (χ3n) is 3.58. The van der Waals surface area contributed by atoms with Crippen molar-refractivity contribution in [3.63, 3.8) is 0 Å². The van der Waals surface area contributed by atoms with Crippen LogP contribution in [0.2, 0.25) is 5.02 Å². The Morgan fingerprint density at radius 2 is 2.11 bits per heavy atom. The Kier molecular flexibility index (Phi) is 4.20. The standard InChI is InChI=1S/C13H19ClN2O2S/c1-9-7-11(14)3-4-13(9)19(17,18)16-6-5-12(15)8-10(16)2/h3-4,7,10,12H,5-6,8,15H2,1-2H3/t10-,12-/m1/s1. The first-order valence-electron chi connectivity index (χ1n) is 6.36. The summed E-state index contributed by atoms with van der Waals surface area (Å²) in [5, 5.41) is 0.546. The minimum atomic E-state index is -3.46. The van der Waals surface area contributed by atoms with E-state index in [9.17, 15) is 8.42 Å². The number of nitrogens with two attached hydrogens (primary N) is 1. The van der Waals surface area contributed by atoms with E-state index < -0.39 is 10.0 Å². The molecule has 106 valence electrons. The van der Waals surface area contributed by atoms with E-state index in [4.69, 9.17) is 17.3 Å². The maximum absolute atomic E-state index is 12.7. The molecule has 19 heavy (non-hydrogen) atoms. The first kappa shape index (κ1) is 14.8. The summed E-state index contributed by atoms with van der Waals surface area (Å²) in [6.07, 6.45) is 1.40. The largest absolute Gasteiger partial charge is 0.328 e. The maximum atomic E-state index is 12.7. The number of nitrogens with zero attached hydrogens (tertiary/aromatic N) is 1. The van der Waals surface area contributed by atoms with Gasteiger partial charge in [0.05, 0.1) is 4.90 Å². The predicted octanol–water partition coefficient (Wildman–Crippen LogP) is 2.15. The highest BCUT2D eigenvalue weighted by molar-refractivity contribution is 7.89. The van der Waals surface area contributed by atoms with Gasteiger partial charge >= 0.3 is 0 Å².